The zero-order valence-electron chi connectivity index (χ0n) is 9.85. The van der Waals surface area contributed by atoms with Crippen molar-refractivity contribution in [1.82, 2.24) is 0 Å². The second-order valence-electron chi connectivity index (χ2n) is 5.44. The van der Waals surface area contributed by atoms with Crippen molar-refractivity contribution < 1.29 is 4.74 Å². The highest BCUT2D eigenvalue weighted by Crippen LogP contribution is 2.42. The second-order valence-corrected chi connectivity index (χ2v) is 6.06. The third kappa shape index (κ3) is 3.43. The van der Waals surface area contributed by atoms with Crippen LogP contribution in [0.3, 0.4) is 0 Å². The molecule has 2 unspecified atom stereocenters. The minimum Gasteiger partial charge on any atom is -0.378 e. The van der Waals surface area contributed by atoms with E-state index >= 15 is 0 Å². The van der Waals surface area contributed by atoms with Crippen LogP contribution in [0.1, 0.15) is 47.0 Å². The number of rotatable bonds is 3. The van der Waals surface area contributed by atoms with Crippen LogP contribution in [0.2, 0.25) is 0 Å². The molecule has 2 atom stereocenters. The van der Waals surface area contributed by atoms with Crippen molar-refractivity contribution in [2.45, 2.75) is 58.4 Å². The van der Waals surface area contributed by atoms with Crippen LogP contribution in [0.15, 0.2) is 0 Å². The highest BCUT2D eigenvalue weighted by Gasteiger charge is 2.35. The standard InChI is InChI=1S/C12H23ClO/c1-9(2)14-8-10-7-11(13)5-6-12(10,3)4/h9-11H,5-8H2,1-4H3. The van der Waals surface area contributed by atoms with Crippen LogP contribution in [0.25, 0.3) is 0 Å². The average molecular weight is 219 g/mol. The summed E-state index contributed by atoms with van der Waals surface area (Å²) < 4.78 is 5.71. The lowest BCUT2D eigenvalue weighted by Crippen LogP contribution is -2.35. The molecule has 0 N–H and O–H groups in total. The first-order valence-electron chi connectivity index (χ1n) is 5.67. The van der Waals surface area contributed by atoms with E-state index in [9.17, 15) is 0 Å². The van der Waals surface area contributed by atoms with E-state index < -0.39 is 0 Å². The van der Waals surface area contributed by atoms with E-state index in [1.165, 1.54) is 6.42 Å². The summed E-state index contributed by atoms with van der Waals surface area (Å²) in [6.07, 6.45) is 3.84. The first-order chi connectivity index (χ1) is 6.42. The Bertz CT molecular complexity index is 177. The summed E-state index contributed by atoms with van der Waals surface area (Å²) in [7, 11) is 0. The Labute approximate surface area is 93.2 Å². The van der Waals surface area contributed by atoms with Gasteiger partial charge in [-0.1, -0.05) is 13.8 Å². The molecule has 1 fully saturated rings. The fourth-order valence-corrected chi connectivity index (χ4v) is 2.40. The lowest BCUT2D eigenvalue weighted by molar-refractivity contribution is -0.00266. The molecule has 0 bridgehead atoms. The van der Waals surface area contributed by atoms with E-state index in [2.05, 4.69) is 27.7 Å². The maximum atomic E-state index is 6.20. The highest BCUT2D eigenvalue weighted by atomic mass is 35.5. The molecule has 2 heteroatoms. The highest BCUT2D eigenvalue weighted by molar-refractivity contribution is 6.20. The van der Waals surface area contributed by atoms with Crippen LogP contribution >= 0.6 is 11.6 Å². The third-order valence-corrected chi connectivity index (χ3v) is 3.77. The second kappa shape index (κ2) is 4.85. The Kier molecular flexibility index (Phi) is 4.27. The van der Waals surface area contributed by atoms with Gasteiger partial charge in [-0.15, -0.1) is 11.6 Å². The molecule has 0 aliphatic heterocycles. The Morgan fingerprint density at radius 1 is 1.43 bits per heavy atom. The first kappa shape index (κ1) is 12.3. The van der Waals surface area contributed by atoms with Crippen LogP contribution in [-0.4, -0.2) is 18.1 Å². The zero-order chi connectivity index (χ0) is 10.8. The number of hydrogen-bond donors (Lipinski definition) is 0. The average Bonchev–Trinajstić information content (AvgIpc) is 2.07. The minimum atomic E-state index is 0.335. The maximum Gasteiger partial charge on any atom is 0.0519 e. The number of hydrogen-bond acceptors (Lipinski definition) is 1. The van der Waals surface area contributed by atoms with Gasteiger partial charge in [-0.2, -0.15) is 0 Å². The molecule has 1 aliphatic rings. The molecule has 0 saturated heterocycles. The Morgan fingerprint density at radius 3 is 2.64 bits per heavy atom. The molecule has 14 heavy (non-hydrogen) atoms. The van der Waals surface area contributed by atoms with Crippen molar-refractivity contribution in [2.75, 3.05) is 6.61 Å². The summed E-state index contributed by atoms with van der Waals surface area (Å²) in [6.45, 7) is 9.73. The summed E-state index contributed by atoms with van der Waals surface area (Å²) in [6, 6.07) is 0. The van der Waals surface area contributed by atoms with E-state index in [1.54, 1.807) is 0 Å². The van der Waals surface area contributed by atoms with Crippen LogP contribution in [0.5, 0.6) is 0 Å². The molecule has 1 nitrogen and oxygen atoms in total. The van der Waals surface area contributed by atoms with Gasteiger partial charge in [-0.25, -0.2) is 0 Å². The summed E-state index contributed by atoms with van der Waals surface area (Å²) >= 11 is 6.20. The molecule has 0 aromatic rings. The van der Waals surface area contributed by atoms with Crippen LogP contribution in [-0.2, 0) is 4.74 Å². The van der Waals surface area contributed by atoms with Gasteiger partial charge >= 0.3 is 0 Å². The van der Waals surface area contributed by atoms with Gasteiger partial charge in [0.25, 0.3) is 0 Å². The van der Waals surface area contributed by atoms with E-state index in [-0.39, 0.29) is 0 Å². The van der Waals surface area contributed by atoms with Crippen molar-refractivity contribution in [3.8, 4) is 0 Å². The maximum absolute atomic E-state index is 6.20. The van der Waals surface area contributed by atoms with Gasteiger partial charge in [-0.05, 0) is 44.4 Å². The normalized spacial score (nSPS) is 32.1. The molecule has 84 valence electrons. The Morgan fingerprint density at radius 2 is 2.07 bits per heavy atom. The van der Waals surface area contributed by atoms with E-state index in [1.807, 2.05) is 0 Å². The van der Waals surface area contributed by atoms with Gasteiger partial charge in [0, 0.05) is 5.38 Å². The SMILES string of the molecule is CC(C)OCC1CC(Cl)CCC1(C)C. The van der Waals surface area contributed by atoms with Crippen LogP contribution in [0, 0.1) is 11.3 Å². The topological polar surface area (TPSA) is 9.23 Å². The zero-order valence-corrected chi connectivity index (χ0v) is 10.6. The Balaban J connectivity index is 2.46. The van der Waals surface area contributed by atoms with Gasteiger partial charge in [0.2, 0.25) is 0 Å². The lowest BCUT2D eigenvalue weighted by Gasteiger charge is -2.40. The van der Waals surface area contributed by atoms with E-state index in [0.717, 1.165) is 19.4 Å². The third-order valence-electron chi connectivity index (χ3n) is 3.38. The van der Waals surface area contributed by atoms with Crippen LogP contribution < -0.4 is 0 Å². The first-order valence-corrected chi connectivity index (χ1v) is 6.11. The molecular weight excluding hydrogens is 196 g/mol. The molecule has 0 aromatic carbocycles. The van der Waals surface area contributed by atoms with Gasteiger partial charge < -0.3 is 4.74 Å². The van der Waals surface area contributed by atoms with E-state index in [0.29, 0.717) is 22.8 Å². The monoisotopic (exact) mass is 218 g/mol. The van der Waals surface area contributed by atoms with Gasteiger partial charge in [0.1, 0.15) is 0 Å². The molecule has 0 radical (unpaired) electrons. The lowest BCUT2D eigenvalue weighted by atomic mass is 9.69. The summed E-state index contributed by atoms with van der Waals surface area (Å²) in [5, 5.41) is 0.365. The van der Waals surface area contributed by atoms with E-state index in [4.69, 9.17) is 16.3 Å². The Hall–Kier alpha value is 0.250. The van der Waals surface area contributed by atoms with Gasteiger partial charge in [0.15, 0.2) is 0 Å². The van der Waals surface area contributed by atoms with Crippen molar-refractivity contribution >= 4 is 11.6 Å². The molecule has 0 heterocycles. The summed E-state index contributed by atoms with van der Waals surface area (Å²) in [5.41, 5.74) is 0.403. The molecule has 1 aliphatic carbocycles. The molecule has 1 saturated carbocycles. The van der Waals surface area contributed by atoms with Gasteiger partial charge in [0.05, 0.1) is 12.7 Å². The predicted molar refractivity (Wildman–Crippen MR) is 61.9 cm³/mol. The molecule has 0 spiro atoms. The smallest absolute Gasteiger partial charge is 0.0519 e. The van der Waals surface area contributed by atoms with Crippen LogP contribution in [0.4, 0.5) is 0 Å². The largest absolute Gasteiger partial charge is 0.378 e. The fraction of sp³-hybridized carbons (Fsp3) is 1.00. The summed E-state index contributed by atoms with van der Waals surface area (Å²) in [4.78, 5) is 0. The fourth-order valence-electron chi connectivity index (χ4n) is 2.08. The predicted octanol–water partition coefficient (Wildman–Crippen LogP) is 3.85. The molecule has 0 aromatic heterocycles. The van der Waals surface area contributed by atoms with Crippen molar-refractivity contribution in [2.24, 2.45) is 11.3 Å². The number of alkyl halides is 1. The quantitative estimate of drug-likeness (QED) is 0.654. The number of ether oxygens (including phenoxy) is 1. The number of halogens is 1. The molecule has 1 rings (SSSR count). The van der Waals surface area contributed by atoms with Gasteiger partial charge in [-0.3, -0.25) is 0 Å². The van der Waals surface area contributed by atoms with Crippen molar-refractivity contribution in [3.63, 3.8) is 0 Å². The molecular formula is C12H23ClO. The van der Waals surface area contributed by atoms with Crippen molar-refractivity contribution in [1.29, 1.82) is 0 Å². The van der Waals surface area contributed by atoms with Crippen molar-refractivity contribution in [3.05, 3.63) is 0 Å². The summed E-state index contributed by atoms with van der Waals surface area (Å²) in [5.74, 6) is 0.626. The minimum absolute atomic E-state index is 0.335. The molecule has 0 amide bonds.